The molecule has 0 fully saturated rings. The standard InChI is InChI=1S/C13H15NO2/c1-9(16)10-4-5-13-12(7-10)11(8-14-13)3-2-6-15/h4-5,7-8,14-15H,2-3,6H2,1H3. The van der Waals surface area contributed by atoms with Crippen LogP contribution in [0.1, 0.15) is 29.3 Å². The molecular formula is C13H15NO2. The maximum absolute atomic E-state index is 11.3. The number of carbonyl (C=O) groups is 1. The van der Waals surface area contributed by atoms with E-state index in [2.05, 4.69) is 4.98 Å². The van der Waals surface area contributed by atoms with Crippen LogP contribution in [0.25, 0.3) is 10.9 Å². The molecule has 0 aliphatic rings. The van der Waals surface area contributed by atoms with E-state index < -0.39 is 0 Å². The first kappa shape index (κ1) is 10.9. The maximum Gasteiger partial charge on any atom is 0.159 e. The van der Waals surface area contributed by atoms with E-state index in [9.17, 15) is 4.79 Å². The molecule has 2 rings (SSSR count). The number of H-pyrrole nitrogens is 1. The van der Waals surface area contributed by atoms with Gasteiger partial charge in [0, 0.05) is 29.3 Å². The number of benzene rings is 1. The average molecular weight is 217 g/mol. The fourth-order valence-corrected chi connectivity index (χ4v) is 1.87. The second kappa shape index (κ2) is 4.49. The third-order valence-electron chi connectivity index (χ3n) is 2.78. The topological polar surface area (TPSA) is 53.1 Å². The maximum atomic E-state index is 11.3. The lowest BCUT2D eigenvalue weighted by Gasteiger charge is -1.99. The number of fused-ring (bicyclic) bond motifs is 1. The van der Waals surface area contributed by atoms with Crippen LogP contribution < -0.4 is 0 Å². The second-order valence-corrected chi connectivity index (χ2v) is 3.96. The van der Waals surface area contributed by atoms with Crippen LogP contribution in [0.2, 0.25) is 0 Å². The van der Waals surface area contributed by atoms with Crippen molar-refractivity contribution < 1.29 is 9.90 Å². The highest BCUT2D eigenvalue weighted by atomic mass is 16.2. The lowest BCUT2D eigenvalue weighted by atomic mass is 10.0. The highest BCUT2D eigenvalue weighted by Crippen LogP contribution is 2.21. The lowest BCUT2D eigenvalue weighted by Crippen LogP contribution is -1.92. The predicted octanol–water partition coefficient (Wildman–Crippen LogP) is 2.30. The van der Waals surface area contributed by atoms with Gasteiger partial charge < -0.3 is 10.1 Å². The predicted molar refractivity (Wildman–Crippen MR) is 63.7 cm³/mol. The van der Waals surface area contributed by atoms with Gasteiger partial charge in [0.15, 0.2) is 5.78 Å². The third kappa shape index (κ3) is 1.99. The van der Waals surface area contributed by atoms with Crippen LogP contribution in [-0.2, 0) is 6.42 Å². The molecular weight excluding hydrogens is 202 g/mol. The molecule has 0 atom stereocenters. The van der Waals surface area contributed by atoms with Crippen LogP contribution in [0.5, 0.6) is 0 Å². The number of carbonyl (C=O) groups excluding carboxylic acids is 1. The Balaban J connectivity index is 2.43. The van der Waals surface area contributed by atoms with Gasteiger partial charge in [-0.25, -0.2) is 0 Å². The van der Waals surface area contributed by atoms with E-state index in [-0.39, 0.29) is 12.4 Å². The first-order chi connectivity index (χ1) is 7.72. The molecule has 3 nitrogen and oxygen atoms in total. The van der Waals surface area contributed by atoms with Gasteiger partial charge in [0.05, 0.1) is 0 Å². The average Bonchev–Trinajstić information content (AvgIpc) is 2.68. The number of hydrogen-bond acceptors (Lipinski definition) is 2. The Morgan fingerprint density at radius 3 is 2.94 bits per heavy atom. The summed E-state index contributed by atoms with van der Waals surface area (Å²) in [7, 11) is 0. The van der Waals surface area contributed by atoms with E-state index in [1.54, 1.807) is 6.92 Å². The van der Waals surface area contributed by atoms with Crippen LogP contribution in [0.3, 0.4) is 0 Å². The third-order valence-corrected chi connectivity index (χ3v) is 2.78. The lowest BCUT2D eigenvalue weighted by molar-refractivity contribution is 0.101. The van der Waals surface area contributed by atoms with E-state index in [1.807, 2.05) is 24.4 Å². The van der Waals surface area contributed by atoms with E-state index in [0.717, 1.165) is 34.9 Å². The zero-order chi connectivity index (χ0) is 11.5. The van der Waals surface area contributed by atoms with Crippen molar-refractivity contribution in [3.8, 4) is 0 Å². The first-order valence-corrected chi connectivity index (χ1v) is 5.44. The van der Waals surface area contributed by atoms with Crippen LogP contribution in [0, 0.1) is 0 Å². The van der Waals surface area contributed by atoms with E-state index in [0.29, 0.717) is 0 Å². The molecule has 2 aromatic rings. The molecule has 0 aliphatic carbocycles. The summed E-state index contributed by atoms with van der Waals surface area (Å²) in [4.78, 5) is 14.5. The van der Waals surface area contributed by atoms with Gasteiger partial charge in [0.2, 0.25) is 0 Å². The van der Waals surface area contributed by atoms with Crippen molar-refractivity contribution in [1.82, 2.24) is 4.98 Å². The SMILES string of the molecule is CC(=O)c1ccc2[nH]cc(CCCO)c2c1. The van der Waals surface area contributed by atoms with Gasteiger partial charge in [0.1, 0.15) is 0 Å². The van der Waals surface area contributed by atoms with Crippen LogP contribution in [-0.4, -0.2) is 22.5 Å². The number of hydrogen-bond donors (Lipinski definition) is 2. The molecule has 1 heterocycles. The normalized spacial score (nSPS) is 10.9. The fraction of sp³-hybridized carbons (Fsp3) is 0.308. The molecule has 0 radical (unpaired) electrons. The van der Waals surface area contributed by atoms with Gasteiger partial charge in [-0.1, -0.05) is 0 Å². The second-order valence-electron chi connectivity index (χ2n) is 3.96. The van der Waals surface area contributed by atoms with Crippen molar-refractivity contribution in [2.24, 2.45) is 0 Å². The Morgan fingerprint density at radius 2 is 2.25 bits per heavy atom. The largest absolute Gasteiger partial charge is 0.396 e. The molecule has 0 spiro atoms. The van der Waals surface area contributed by atoms with Crippen molar-refractivity contribution >= 4 is 16.7 Å². The van der Waals surface area contributed by atoms with Crippen molar-refractivity contribution in [2.75, 3.05) is 6.61 Å². The smallest absolute Gasteiger partial charge is 0.159 e. The van der Waals surface area contributed by atoms with Gasteiger partial charge >= 0.3 is 0 Å². The number of aliphatic hydroxyl groups is 1. The summed E-state index contributed by atoms with van der Waals surface area (Å²) in [5.74, 6) is 0.0798. The van der Waals surface area contributed by atoms with Crippen LogP contribution in [0.15, 0.2) is 24.4 Å². The number of Topliss-reactive ketones (excluding diaryl/α,β-unsaturated/α-hetero) is 1. The summed E-state index contributed by atoms with van der Waals surface area (Å²) in [6.07, 6.45) is 3.53. The molecule has 0 amide bonds. The molecule has 0 bridgehead atoms. The Bertz CT molecular complexity index is 514. The number of aromatic nitrogens is 1. The molecule has 1 aromatic carbocycles. The summed E-state index contributed by atoms with van der Waals surface area (Å²) in [6.45, 7) is 1.76. The van der Waals surface area contributed by atoms with Gasteiger partial charge in [0.25, 0.3) is 0 Å². The quantitative estimate of drug-likeness (QED) is 0.772. The molecule has 2 N–H and O–H groups in total. The summed E-state index contributed by atoms with van der Waals surface area (Å²) in [5, 5.41) is 9.90. The summed E-state index contributed by atoms with van der Waals surface area (Å²) < 4.78 is 0. The summed E-state index contributed by atoms with van der Waals surface area (Å²) >= 11 is 0. The first-order valence-electron chi connectivity index (χ1n) is 5.44. The Hall–Kier alpha value is -1.61. The zero-order valence-corrected chi connectivity index (χ0v) is 9.29. The summed E-state index contributed by atoms with van der Waals surface area (Å²) in [6, 6.07) is 5.67. The zero-order valence-electron chi connectivity index (χ0n) is 9.29. The van der Waals surface area contributed by atoms with Crippen LogP contribution >= 0.6 is 0 Å². The minimum atomic E-state index is 0.0798. The van der Waals surface area contributed by atoms with Gasteiger partial charge in [-0.15, -0.1) is 0 Å². The van der Waals surface area contributed by atoms with Crippen LogP contribution in [0.4, 0.5) is 0 Å². The monoisotopic (exact) mass is 217 g/mol. The molecule has 16 heavy (non-hydrogen) atoms. The van der Waals surface area contributed by atoms with Crippen molar-refractivity contribution in [3.05, 3.63) is 35.5 Å². The Labute approximate surface area is 94.1 Å². The molecule has 0 unspecified atom stereocenters. The van der Waals surface area contributed by atoms with E-state index >= 15 is 0 Å². The van der Waals surface area contributed by atoms with Crippen molar-refractivity contribution in [3.63, 3.8) is 0 Å². The molecule has 0 saturated carbocycles. The molecule has 3 heteroatoms. The summed E-state index contributed by atoms with van der Waals surface area (Å²) in [5.41, 5.74) is 2.93. The number of ketones is 1. The van der Waals surface area contributed by atoms with E-state index in [1.165, 1.54) is 0 Å². The molecule has 84 valence electrons. The molecule has 1 aromatic heterocycles. The van der Waals surface area contributed by atoms with Gasteiger partial charge in [-0.2, -0.15) is 0 Å². The highest BCUT2D eigenvalue weighted by molar-refractivity contribution is 5.98. The Kier molecular flexibility index (Phi) is 3.06. The number of aromatic amines is 1. The van der Waals surface area contributed by atoms with Gasteiger partial charge in [-0.05, 0) is 43.5 Å². The number of nitrogens with one attached hydrogen (secondary N) is 1. The highest BCUT2D eigenvalue weighted by Gasteiger charge is 2.06. The van der Waals surface area contributed by atoms with Crippen molar-refractivity contribution in [1.29, 1.82) is 0 Å². The molecule has 0 aliphatic heterocycles. The minimum Gasteiger partial charge on any atom is -0.396 e. The Morgan fingerprint density at radius 1 is 1.44 bits per heavy atom. The van der Waals surface area contributed by atoms with Crippen molar-refractivity contribution in [2.45, 2.75) is 19.8 Å². The number of rotatable bonds is 4. The van der Waals surface area contributed by atoms with Gasteiger partial charge in [-0.3, -0.25) is 4.79 Å². The fourth-order valence-electron chi connectivity index (χ4n) is 1.87. The minimum absolute atomic E-state index is 0.0798. The van der Waals surface area contributed by atoms with E-state index in [4.69, 9.17) is 5.11 Å². The molecule has 0 saturated heterocycles. The number of aliphatic hydroxyl groups excluding tert-OH is 1. The number of aryl methyl sites for hydroxylation is 1.